The van der Waals surface area contributed by atoms with E-state index in [-0.39, 0.29) is 22.3 Å². The maximum Gasteiger partial charge on any atom is 0.180 e. The molecule has 0 spiro atoms. The van der Waals surface area contributed by atoms with Gasteiger partial charge >= 0.3 is 0 Å². The van der Waals surface area contributed by atoms with Crippen LogP contribution >= 0.6 is 0 Å². The SMILES string of the molecule is CCC(CC)CS(=O)(=O)c1cc(F)ccc1N. The second-order valence-corrected chi connectivity index (χ2v) is 6.15. The van der Waals surface area contributed by atoms with Gasteiger partial charge in [-0.2, -0.15) is 0 Å². The number of rotatable bonds is 5. The van der Waals surface area contributed by atoms with Crippen LogP contribution in [0.3, 0.4) is 0 Å². The highest BCUT2D eigenvalue weighted by Crippen LogP contribution is 2.24. The predicted molar refractivity (Wildman–Crippen MR) is 66.9 cm³/mol. The first-order chi connectivity index (χ1) is 7.90. The molecular formula is C12H18FNO2S. The summed E-state index contributed by atoms with van der Waals surface area (Å²) >= 11 is 0. The molecule has 1 aromatic carbocycles. The summed E-state index contributed by atoms with van der Waals surface area (Å²) in [4.78, 5) is -0.0931. The van der Waals surface area contributed by atoms with E-state index < -0.39 is 15.7 Å². The summed E-state index contributed by atoms with van der Waals surface area (Å²) in [6.07, 6.45) is 1.57. The van der Waals surface area contributed by atoms with E-state index in [9.17, 15) is 12.8 Å². The summed E-state index contributed by atoms with van der Waals surface area (Å²) in [5.41, 5.74) is 5.70. The fraction of sp³-hybridized carbons (Fsp3) is 0.500. The zero-order valence-corrected chi connectivity index (χ0v) is 10.9. The van der Waals surface area contributed by atoms with Gasteiger partial charge in [-0.1, -0.05) is 26.7 Å². The van der Waals surface area contributed by atoms with Crippen LogP contribution in [0.2, 0.25) is 0 Å². The number of halogens is 1. The lowest BCUT2D eigenvalue weighted by atomic mass is 10.1. The van der Waals surface area contributed by atoms with Crippen molar-refractivity contribution >= 4 is 15.5 Å². The van der Waals surface area contributed by atoms with Gasteiger partial charge in [0.05, 0.1) is 16.3 Å². The topological polar surface area (TPSA) is 60.2 Å². The molecule has 0 aliphatic heterocycles. The first kappa shape index (κ1) is 14.0. The summed E-state index contributed by atoms with van der Waals surface area (Å²) in [5, 5.41) is 0. The highest BCUT2D eigenvalue weighted by Gasteiger charge is 2.22. The Morgan fingerprint density at radius 1 is 1.29 bits per heavy atom. The molecular weight excluding hydrogens is 241 g/mol. The third kappa shape index (κ3) is 3.43. The quantitative estimate of drug-likeness (QED) is 0.827. The Balaban J connectivity index is 3.09. The van der Waals surface area contributed by atoms with Crippen LogP contribution in [0.25, 0.3) is 0 Å². The van der Waals surface area contributed by atoms with Crippen molar-refractivity contribution in [2.45, 2.75) is 31.6 Å². The maximum atomic E-state index is 13.1. The maximum absolute atomic E-state index is 13.1. The van der Waals surface area contributed by atoms with E-state index in [1.165, 1.54) is 6.07 Å². The van der Waals surface area contributed by atoms with Crippen LogP contribution in [-0.4, -0.2) is 14.2 Å². The van der Waals surface area contributed by atoms with E-state index in [4.69, 9.17) is 5.73 Å². The lowest BCUT2D eigenvalue weighted by Crippen LogP contribution is -2.16. The molecule has 0 atom stereocenters. The Hall–Kier alpha value is -1.10. The summed E-state index contributed by atoms with van der Waals surface area (Å²) in [7, 11) is -3.50. The van der Waals surface area contributed by atoms with Gasteiger partial charge in [-0.15, -0.1) is 0 Å². The van der Waals surface area contributed by atoms with Crippen molar-refractivity contribution in [2.75, 3.05) is 11.5 Å². The van der Waals surface area contributed by atoms with E-state index in [1.807, 2.05) is 13.8 Å². The minimum Gasteiger partial charge on any atom is -0.398 e. The number of nitrogen functional groups attached to an aromatic ring is 1. The van der Waals surface area contributed by atoms with Crippen LogP contribution in [0.4, 0.5) is 10.1 Å². The Labute approximate surface area is 102 Å². The van der Waals surface area contributed by atoms with Gasteiger partial charge in [0, 0.05) is 0 Å². The molecule has 0 aliphatic rings. The van der Waals surface area contributed by atoms with Gasteiger partial charge in [0.2, 0.25) is 0 Å². The summed E-state index contributed by atoms with van der Waals surface area (Å²) in [5.74, 6) is -0.474. The average Bonchev–Trinajstić information content (AvgIpc) is 2.29. The lowest BCUT2D eigenvalue weighted by molar-refractivity contribution is 0.523. The smallest absolute Gasteiger partial charge is 0.180 e. The highest BCUT2D eigenvalue weighted by molar-refractivity contribution is 7.91. The second kappa shape index (κ2) is 5.49. The summed E-state index contributed by atoms with van der Waals surface area (Å²) in [6.45, 7) is 3.89. The molecule has 0 fully saturated rings. The third-order valence-electron chi connectivity index (χ3n) is 2.92. The fourth-order valence-corrected chi connectivity index (χ4v) is 3.69. The molecule has 0 aromatic heterocycles. The molecule has 17 heavy (non-hydrogen) atoms. The number of hydrogen-bond donors (Lipinski definition) is 1. The molecule has 1 aromatic rings. The first-order valence-electron chi connectivity index (χ1n) is 5.68. The van der Waals surface area contributed by atoms with Crippen LogP contribution in [0.15, 0.2) is 23.1 Å². The zero-order chi connectivity index (χ0) is 13.1. The van der Waals surface area contributed by atoms with Crippen LogP contribution in [-0.2, 0) is 9.84 Å². The van der Waals surface area contributed by atoms with E-state index in [0.29, 0.717) is 0 Å². The average molecular weight is 259 g/mol. The minimum atomic E-state index is -3.50. The van der Waals surface area contributed by atoms with Crippen molar-refractivity contribution in [3.8, 4) is 0 Å². The molecule has 2 N–H and O–H groups in total. The van der Waals surface area contributed by atoms with E-state index in [0.717, 1.165) is 25.0 Å². The second-order valence-electron chi connectivity index (χ2n) is 4.15. The van der Waals surface area contributed by atoms with E-state index in [2.05, 4.69) is 0 Å². The summed E-state index contributed by atoms with van der Waals surface area (Å²) < 4.78 is 37.2. The van der Waals surface area contributed by atoms with Crippen LogP contribution < -0.4 is 5.73 Å². The molecule has 0 radical (unpaired) electrons. The molecule has 0 saturated heterocycles. The Morgan fingerprint density at radius 2 is 1.88 bits per heavy atom. The molecule has 0 aliphatic carbocycles. The molecule has 0 saturated carbocycles. The first-order valence-corrected chi connectivity index (χ1v) is 7.33. The fourth-order valence-electron chi connectivity index (χ4n) is 1.70. The third-order valence-corrected chi connectivity index (χ3v) is 4.85. The number of sulfone groups is 1. The van der Waals surface area contributed by atoms with Crippen LogP contribution in [0, 0.1) is 11.7 Å². The van der Waals surface area contributed by atoms with Crippen molar-refractivity contribution in [3.63, 3.8) is 0 Å². The van der Waals surface area contributed by atoms with Crippen LogP contribution in [0.1, 0.15) is 26.7 Å². The lowest BCUT2D eigenvalue weighted by Gasteiger charge is -2.13. The van der Waals surface area contributed by atoms with Gasteiger partial charge in [0.1, 0.15) is 5.82 Å². The Bertz CT molecular complexity index is 481. The van der Waals surface area contributed by atoms with E-state index in [1.54, 1.807) is 0 Å². The number of anilines is 1. The molecule has 96 valence electrons. The number of benzene rings is 1. The van der Waals surface area contributed by atoms with Crippen molar-refractivity contribution in [3.05, 3.63) is 24.0 Å². The molecule has 5 heteroatoms. The number of hydrogen-bond acceptors (Lipinski definition) is 3. The molecule has 1 rings (SSSR count). The van der Waals surface area contributed by atoms with Gasteiger partial charge < -0.3 is 5.73 Å². The molecule has 3 nitrogen and oxygen atoms in total. The van der Waals surface area contributed by atoms with Crippen molar-refractivity contribution in [2.24, 2.45) is 5.92 Å². The molecule has 0 bridgehead atoms. The molecule has 0 heterocycles. The van der Waals surface area contributed by atoms with Gasteiger partial charge in [-0.3, -0.25) is 0 Å². The largest absolute Gasteiger partial charge is 0.398 e. The van der Waals surface area contributed by atoms with Gasteiger partial charge in [0.15, 0.2) is 9.84 Å². The molecule has 0 unspecified atom stereocenters. The number of nitrogens with two attached hydrogens (primary N) is 1. The van der Waals surface area contributed by atoms with Gasteiger partial charge in [0.25, 0.3) is 0 Å². The molecule has 0 amide bonds. The standard InChI is InChI=1S/C12H18FNO2S/c1-3-9(4-2)8-17(15,16)12-7-10(13)5-6-11(12)14/h5-7,9H,3-4,8,14H2,1-2H3. The Morgan fingerprint density at radius 3 is 2.41 bits per heavy atom. The van der Waals surface area contributed by atoms with Crippen molar-refractivity contribution in [1.82, 2.24) is 0 Å². The van der Waals surface area contributed by atoms with Crippen molar-refractivity contribution < 1.29 is 12.8 Å². The minimum absolute atomic E-state index is 0.0215. The van der Waals surface area contributed by atoms with Gasteiger partial charge in [-0.25, -0.2) is 12.8 Å². The Kier molecular flexibility index (Phi) is 4.51. The zero-order valence-electron chi connectivity index (χ0n) is 10.1. The predicted octanol–water partition coefficient (Wildman–Crippen LogP) is 2.62. The monoisotopic (exact) mass is 259 g/mol. The summed E-state index contributed by atoms with van der Waals surface area (Å²) in [6, 6.07) is 3.44. The normalized spacial score (nSPS) is 12.0. The highest BCUT2D eigenvalue weighted by atomic mass is 32.2. The van der Waals surface area contributed by atoms with E-state index >= 15 is 0 Å². The van der Waals surface area contributed by atoms with Crippen molar-refractivity contribution in [1.29, 1.82) is 0 Å². The van der Waals surface area contributed by atoms with Gasteiger partial charge in [-0.05, 0) is 24.1 Å². The van der Waals surface area contributed by atoms with Crippen LogP contribution in [0.5, 0.6) is 0 Å².